The first-order chi connectivity index (χ1) is 14.7. The molecule has 6 nitrogen and oxygen atoms in total. The van der Waals surface area contributed by atoms with Crippen LogP contribution in [0.25, 0.3) is 22.6 Å². The van der Waals surface area contributed by atoms with Crippen molar-refractivity contribution in [1.82, 2.24) is 10.2 Å². The molecule has 0 saturated carbocycles. The van der Waals surface area contributed by atoms with Gasteiger partial charge in [0.2, 0.25) is 5.91 Å². The molecule has 1 aromatic heterocycles. The smallest absolute Gasteiger partial charge is 0.277 e. The monoisotopic (exact) mass is 417 g/mol. The van der Waals surface area contributed by atoms with Gasteiger partial charge in [-0.15, -0.1) is 10.2 Å². The second-order valence-electron chi connectivity index (χ2n) is 6.32. The summed E-state index contributed by atoms with van der Waals surface area (Å²) in [5.41, 5.74) is 3.47. The minimum absolute atomic E-state index is 0.149. The van der Waals surface area contributed by atoms with Crippen LogP contribution >= 0.6 is 11.8 Å². The first kappa shape index (κ1) is 19.7. The predicted molar refractivity (Wildman–Crippen MR) is 118 cm³/mol. The van der Waals surface area contributed by atoms with E-state index < -0.39 is 0 Å². The number of methoxy groups -OCH3 is 1. The van der Waals surface area contributed by atoms with Crippen LogP contribution in [0.5, 0.6) is 5.75 Å². The number of amides is 1. The largest absolute Gasteiger partial charge is 0.496 e. The van der Waals surface area contributed by atoms with Gasteiger partial charge in [0.25, 0.3) is 11.1 Å². The van der Waals surface area contributed by atoms with Gasteiger partial charge in [-0.1, -0.05) is 72.4 Å². The van der Waals surface area contributed by atoms with Gasteiger partial charge in [0.1, 0.15) is 5.75 Å². The highest BCUT2D eigenvalue weighted by Crippen LogP contribution is 2.31. The van der Waals surface area contributed by atoms with Crippen molar-refractivity contribution >= 4 is 23.4 Å². The normalized spacial score (nSPS) is 10.6. The molecule has 7 heteroatoms. The number of hydrogen-bond donors (Lipinski definition) is 1. The predicted octanol–water partition coefficient (Wildman–Crippen LogP) is 5.14. The van der Waals surface area contributed by atoms with Crippen molar-refractivity contribution in [1.29, 1.82) is 0 Å². The lowest BCUT2D eigenvalue weighted by Crippen LogP contribution is -2.14. The highest BCUT2D eigenvalue weighted by molar-refractivity contribution is 7.99. The summed E-state index contributed by atoms with van der Waals surface area (Å²) in [6.07, 6.45) is 0. The molecular formula is C23H19N3O3S. The van der Waals surface area contributed by atoms with E-state index in [0.717, 1.165) is 16.8 Å². The second kappa shape index (κ2) is 9.28. The van der Waals surface area contributed by atoms with Crippen molar-refractivity contribution in [3.63, 3.8) is 0 Å². The summed E-state index contributed by atoms with van der Waals surface area (Å²) in [4.78, 5) is 12.5. The lowest BCUT2D eigenvalue weighted by atomic mass is 10.0. The van der Waals surface area contributed by atoms with Crippen LogP contribution < -0.4 is 10.1 Å². The van der Waals surface area contributed by atoms with Crippen LogP contribution in [0.2, 0.25) is 0 Å². The fourth-order valence-electron chi connectivity index (χ4n) is 2.97. The standard InChI is InChI=1S/C23H19N3O3S/c1-28-20-14-8-6-12-18(20)22-25-26-23(29-22)30-15-21(27)24-19-13-7-5-11-17(19)16-9-3-2-4-10-16/h2-14H,15H2,1H3,(H,24,27). The van der Waals surface area contributed by atoms with Gasteiger partial charge in [-0.2, -0.15) is 0 Å². The van der Waals surface area contributed by atoms with E-state index in [9.17, 15) is 4.79 Å². The first-order valence-corrected chi connectivity index (χ1v) is 10.3. The molecule has 4 aromatic rings. The zero-order valence-electron chi connectivity index (χ0n) is 16.2. The fraction of sp³-hybridized carbons (Fsp3) is 0.0870. The van der Waals surface area contributed by atoms with Crippen molar-refractivity contribution in [2.45, 2.75) is 5.22 Å². The number of hydrogen-bond acceptors (Lipinski definition) is 6. The average Bonchev–Trinajstić information content (AvgIpc) is 3.27. The third-order valence-corrected chi connectivity index (χ3v) is 5.17. The van der Waals surface area contributed by atoms with E-state index in [4.69, 9.17) is 9.15 Å². The van der Waals surface area contributed by atoms with E-state index in [1.54, 1.807) is 7.11 Å². The second-order valence-corrected chi connectivity index (χ2v) is 7.25. The van der Waals surface area contributed by atoms with Crippen LogP contribution in [-0.4, -0.2) is 29.0 Å². The van der Waals surface area contributed by atoms with Gasteiger partial charge in [-0.25, -0.2) is 0 Å². The summed E-state index contributed by atoms with van der Waals surface area (Å²) < 4.78 is 11.0. The zero-order chi connectivity index (χ0) is 20.8. The summed E-state index contributed by atoms with van der Waals surface area (Å²) in [7, 11) is 1.59. The van der Waals surface area contributed by atoms with Crippen molar-refractivity contribution in [3.8, 4) is 28.3 Å². The molecular weight excluding hydrogens is 398 g/mol. The van der Waals surface area contributed by atoms with Crippen molar-refractivity contribution in [3.05, 3.63) is 78.9 Å². The minimum atomic E-state index is -0.152. The zero-order valence-corrected chi connectivity index (χ0v) is 17.1. The van der Waals surface area contributed by atoms with Crippen LogP contribution in [0, 0.1) is 0 Å². The van der Waals surface area contributed by atoms with E-state index in [-0.39, 0.29) is 11.7 Å². The highest BCUT2D eigenvalue weighted by atomic mass is 32.2. The Morgan fingerprint density at radius 3 is 2.43 bits per heavy atom. The van der Waals surface area contributed by atoms with Gasteiger partial charge in [0, 0.05) is 11.3 Å². The maximum absolute atomic E-state index is 12.5. The quantitative estimate of drug-likeness (QED) is 0.420. The van der Waals surface area contributed by atoms with E-state index in [1.165, 1.54) is 11.8 Å². The third-order valence-electron chi connectivity index (χ3n) is 4.36. The Labute approximate surface area is 178 Å². The van der Waals surface area contributed by atoms with Crippen LogP contribution in [0.3, 0.4) is 0 Å². The number of nitrogens with zero attached hydrogens (tertiary/aromatic N) is 2. The Morgan fingerprint density at radius 2 is 1.63 bits per heavy atom. The van der Waals surface area contributed by atoms with Crippen LogP contribution in [0.4, 0.5) is 5.69 Å². The Balaban J connectivity index is 1.42. The third kappa shape index (κ3) is 4.52. The SMILES string of the molecule is COc1ccccc1-c1nnc(SCC(=O)Nc2ccccc2-c2ccccc2)o1. The molecule has 0 aliphatic heterocycles. The molecule has 150 valence electrons. The summed E-state index contributed by atoms with van der Waals surface area (Å²) in [5, 5.41) is 11.4. The molecule has 0 bridgehead atoms. The number of para-hydroxylation sites is 2. The molecule has 0 unspecified atom stereocenters. The Kier molecular flexibility index (Phi) is 6.10. The summed E-state index contributed by atoms with van der Waals surface area (Å²) in [5.74, 6) is 0.995. The van der Waals surface area contributed by atoms with Gasteiger partial charge >= 0.3 is 0 Å². The number of aromatic nitrogens is 2. The molecule has 0 spiro atoms. The van der Waals surface area contributed by atoms with Gasteiger partial charge in [-0.3, -0.25) is 4.79 Å². The number of carbonyl (C=O) groups is 1. The summed E-state index contributed by atoms with van der Waals surface area (Å²) in [6, 6.07) is 25.0. The van der Waals surface area contributed by atoms with Crippen LogP contribution in [0.15, 0.2) is 88.5 Å². The lowest BCUT2D eigenvalue weighted by molar-refractivity contribution is -0.113. The molecule has 0 atom stereocenters. The summed E-state index contributed by atoms with van der Waals surface area (Å²) >= 11 is 1.19. The molecule has 3 aromatic carbocycles. The number of carbonyl (C=O) groups excluding carboxylic acids is 1. The van der Waals surface area contributed by atoms with E-state index >= 15 is 0 Å². The van der Waals surface area contributed by atoms with Crippen molar-refractivity contribution < 1.29 is 13.9 Å². The number of rotatable bonds is 7. The summed E-state index contributed by atoms with van der Waals surface area (Å²) in [6.45, 7) is 0. The molecule has 0 radical (unpaired) electrons. The molecule has 1 heterocycles. The number of nitrogens with one attached hydrogen (secondary N) is 1. The van der Waals surface area contributed by atoms with Crippen LogP contribution in [0.1, 0.15) is 0 Å². The number of thioether (sulfide) groups is 1. The van der Waals surface area contributed by atoms with Crippen molar-refractivity contribution in [2.24, 2.45) is 0 Å². The maximum Gasteiger partial charge on any atom is 0.277 e. The maximum atomic E-state index is 12.5. The molecule has 1 N–H and O–H groups in total. The Hall–Kier alpha value is -3.58. The van der Waals surface area contributed by atoms with E-state index in [2.05, 4.69) is 15.5 Å². The van der Waals surface area contributed by atoms with E-state index in [1.807, 2.05) is 78.9 Å². The van der Waals surface area contributed by atoms with Crippen LogP contribution in [-0.2, 0) is 4.79 Å². The van der Waals surface area contributed by atoms with Gasteiger partial charge < -0.3 is 14.5 Å². The molecule has 0 aliphatic rings. The molecule has 4 rings (SSSR count). The number of anilines is 1. The van der Waals surface area contributed by atoms with E-state index in [0.29, 0.717) is 22.4 Å². The Bertz CT molecular complexity index is 1150. The molecule has 1 amide bonds. The minimum Gasteiger partial charge on any atom is -0.496 e. The van der Waals surface area contributed by atoms with Gasteiger partial charge in [-0.05, 0) is 23.8 Å². The topological polar surface area (TPSA) is 77.2 Å². The molecule has 0 saturated heterocycles. The first-order valence-electron chi connectivity index (χ1n) is 9.28. The van der Waals surface area contributed by atoms with Gasteiger partial charge in [0.05, 0.1) is 18.4 Å². The highest BCUT2D eigenvalue weighted by Gasteiger charge is 2.15. The molecule has 30 heavy (non-hydrogen) atoms. The lowest BCUT2D eigenvalue weighted by Gasteiger charge is -2.10. The fourth-order valence-corrected chi connectivity index (χ4v) is 3.54. The molecule has 0 fully saturated rings. The molecule has 0 aliphatic carbocycles. The van der Waals surface area contributed by atoms with Crippen molar-refractivity contribution in [2.75, 3.05) is 18.2 Å². The average molecular weight is 417 g/mol. The number of ether oxygens (including phenoxy) is 1. The Morgan fingerprint density at radius 1 is 0.933 bits per heavy atom. The number of benzene rings is 3. The van der Waals surface area contributed by atoms with Gasteiger partial charge in [0.15, 0.2) is 0 Å².